The topological polar surface area (TPSA) is 35.2 Å². The average Bonchev–Trinajstić information content (AvgIpc) is 2.93. The molecule has 106 valence electrons. The number of ether oxygens (including phenoxy) is 1. The lowest BCUT2D eigenvalue weighted by Gasteiger charge is -2.17. The van der Waals surface area contributed by atoms with Crippen molar-refractivity contribution in [2.45, 2.75) is 57.9 Å². The SMILES string of the molecule is CCCCOc1ccc(C(N)CC2CCCC2)cc1. The molecule has 1 unspecified atom stereocenters. The normalized spacial score (nSPS) is 17.6. The molecule has 0 heterocycles. The molecule has 19 heavy (non-hydrogen) atoms. The van der Waals surface area contributed by atoms with Gasteiger partial charge in [0.2, 0.25) is 0 Å². The van der Waals surface area contributed by atoms with Crippen molar-refractivity contribution in [2.24, 2.45) is 11.7 Å². The zero-order valence-electron chi connectivity index (χ0n) is 12.1. The van der Waals surface area contributed by atoms with E-state index in [0.29, 0.717) is 0 Å². The van der Waals surface area contributed by atoms with Crippen molar-refractivity contribution >= 4 is 0 Å². The van der Waals surface area contributed by atoms with E-state index in [9.17, 15) is 0 Å². The van der Waals surface area contributed by atoms with Gasteiger partial charge in [0.25, 0.3) is 0 Å². The number of unbranched alkanes of at least 4 members (excludes halogenated alkanes) is 1. The van der Waals surface area contributed by atoms with Gasteiger partial charge in [-0.2, -0.15) is 0 Å². The maximum absolute atomic E-state index is 6.31. The molecular weight excluding hydrogens is 234 g/mol. The Labute approximate surface area is 117 Å². The summed E-state index contributed by atoms with van der Waals surface area (Å²) in [4.78, 5) is 0. The van der Waals surface area contributed by atoms with Crippen LogP contribution in [-0.2, 0) is 0 Å². The molecule has 1 saturated carbocycles. The minimum absolute atomic E-state index is 0.188. The molecule has 2 N–H and O–H groups in total. The highest BCUT2D eigenvalue weighted by molar-refractivity contribution is 5.29. The zero-order valence-corrected chi connectivity index (χ0v) is 12.1. The predicted molar refractivity (Wildman–Crippen MR) is 80.3 cm³/mol. The van der Waals surface area contributed by atoms with Crippen LogP contribution in [0, 0.1) is 5.92 Å². The first-order valence-electron chi connectivity index (χ1n) is 7.78. The van der Waals surface area contributed by atoms with Gasteiger partial charge in [-0.3, -0.25) is 0 Å². The fourth-order valence-corrected chi connectivity index (χ4v) is 2.89. The Morgan fingerprint density at radius 1 is 1.21 bits per heavy atom. The fraction of sp³-hybridized carbons (Fsp3) is 0.647. The minimum Gasteiger partial charge on any atom is -0.494 e. The third-order valence-electron chi connectivity index (χ3n) is 4.14. The molecule has 1 aromatic carbocycles. The van der Waals surface area contributed by atoms with Crippen LogP contribution in [0.3, 0.4) is 0 Å². The van der Waals surface area contributed by atoms with Crippen molar-refractivity contribution in [3.05, 3.63) is 29.8 Å². The largest absolute Gasteiger partial charge is 0.494 e. The molecule has 1 aliphatic carbocycles. The van der Waals surface area contributed by atoms with E-state index in [2.05, 4.69) is 31.2 Å². The summed E-state index contributed by atoms with van der Waals surface area (Å²) in [7, 11) is 0. The van der Waals surface area contributed by atoms with Gasteiger partial charge < -0.3 is 10.5 Å². The Kier molecular flexibility index (Phi) is 5.71. The molecule has 1 atom stereocenters. The second-order valence-electron chi connectivity index (χ2n) is 5.76. The smallest absolute Gasteiger partial charge is 0.119 e. The average molecular weight is 261 g/mol. The molecule has 0 aromatic heterocycles. The molecular formula is C17H27NO. The van der Waals surface area contributed by atoms with Crippen molar-refractivity contribution in [1.82, 2.24) is 0 Å². The van der Waals surface area contributed by atoms with E-state index in [1.54, 1.807) is 0 Å². The molecule has 2 heteroatoms. The van der Waals surface area contributed by atoms with E-state index in [1.165, 1.54) is 37.7 Å². The van der Waals surface area contributed by atoms with Gasteiger partial charge in [0, 0.05) is 6.04 Å². The van der Waals surface area contributed by atoms with Crippen LogP contribution in [0.15, 0.2) is 24.3 Å². The highest BCUT2D eigenvalue weighted by atomic mass is 16.5. The summed E-state index contributed by atoms with van der Waals surface area (Å²) >= 11 is 0. The standard InChI is InChI=1S/C17H27NO/c1-2-3-12-19-16-10-8-15(9-11-16)17(18)13-14-6-4-5-7-14/h8-11,14,17H,2-7,12-13,18H2,1H3. The van der Waals surface area contributed by atoms with E-state index in [4.69, 9.17) is 10.5 Å². The van der Waals surface area contributed by atoms with E-state index < -0.39 is 0 Å². The lowest BCUT2D eigenvalue weighted by molar-refractivity contribution is 0.309. The minimum atomic E-state index is 0.188. The van der Waals surface area contributed by atoms with Crippen molar-refractivity contribution in [3.63, 3.8) is 0 Å². The summed E-state index contributed by atoms with van der Waals surface area (Å²) < 4.78 is 5.67. The Morgan fingerprint density at radius 2 is 1.89 bits per heavy atom. The van der Waals surface area contributed by atoms with Crippen LogP contribution in [0.5, 0.6) is 5.75 Å². The van der Waals surface area contributed by atoms with Crippen LogP contribution in [0.2, 0.25) is 0 Å². The maximum atomic E-state index is 6.31. The maximum Gasteiger partial charge on any atom is 0.119 e. The van der Waals surface area contributed by atoms with Crippen molar-refractivity contribution in [2.75, 3.05) is 6.61 Å². The number of benzene rings is 1. The molecule has 1 aromatic rings. The number of hydrogen-bond acceptors (Lipinski definition) is 2. The van der Waals surface area contributed by atoms with Crippen molar-refractivity contribution in [3.8, 4) is 5.75 Å². The van der Waals surface area contributed by atoms with Gasteiger partial charge in [0.1, 0.15) is 5.75 Å². The predicted octanol–water partition coefficient (Wildman–Crippen LogP) is 4.45. The van der Waals surface area contributed by atoms with E-state index >= 15 is 0 Å². The van der Waals surface area contributed by atoms with Gasteiger partial charge in [0.15, 0.2) is 0 Å². The van der Waals surface area contributed by atoms with Gasteiger partial charge in [-0.05, 0) is 36.5 Å². The summed E-state index contributed by atoms with van der Waals surface area (Å²) in [5.74, 6) is 1.81. The molecule has 1 aliphatic rings. The highest BCUT2D eigenvalue weighted by Crippen LogP contribution is 2.32. The Hall–Kier alpha value is -1.02. The third kappa shape index (κ3) is 4.54. The van der Waals surface area contributed by atoms with Gasteiger partial charge in [-0.25, -0.2) is 0 Å². The van der Waals surface area contributed by atoms with Crippen LogP contribution in [-0.4, -0.2) is 6.61 Å². The van der Waals surface area contributed by atoms with Crippen LogP contribution in [0.4, 0.5) is 0 Å². The summed E-state index contributed by atoms with van der Waals surface area (Å²) in [5, 5.41) is 0. The lowest BCUT2D eigenvalue weighted by atomic mass is 9.94. The summed E-state index contributed by atoms with van der Waals surface area (Å²) in [6.07, 6.45) is 8.93. The third-order valence-corrected chi connectivity index (χ3v) is 4.14. The van der Waals surface area contributed by atoms with E-state index in [0.717, 1.165) is 31.1 Å². The molecule has 1 fully saturated rings. The number of rotatable bonds is 7. The first-order valence-corrected chi connectivity index (χ1v) is 7.78. The van der Waals surface area contributed by atoms with Crippen molar-refractivity contribution < 1.29 is 4.74 Å². The summed E-state index contributed by atoms with van der Waals surface area (Å²) in [5.41, 5.74) is 7.55. The first kappa shape index (κ1) is 14.4. The summed E-state index contributed by atoms with van der Waals surface area (Å²) in [6.45, 7) is 2.98. The van der Waals surface area contributed by atoms with Gasteiger partial charge >= 0.3 is 0 Å². The molecule has 0 amide bonds. The van der Waals surface area contributed by atoms with Crippen LogP contribution in [0.25, 0.3) is 0 Å². The molecule has 0 saturated heterocycles. The fourth-order valence-electron chi connectivity index (χ4n) is 2.89. The van der Waals surface area contributed by atoms with Crippen LogP contribution < -0.4 is 10.5 Å². The molecule has 0 aliphatic heterocycles. The molecule has 0 bridgehead atoms. The van der Waals surface area contributed by atoms with Crippen molar-refractivity contribution in [1.29, 1.82) is 0 Å². The molecule has 2 nitrogen and oxygen atoms in total. The summed E-state index contributed by atoms with van der Waals surface area (Å²) in [6, 6.07) is 8.55. The first-order chi connectivity index (χ1) is 9.29. The second-order valence-corrected chi connectivity index (χ2v) is 5.76. The zero-order chi connectivity index (χ0) is 13.5. The van der Waals surface area contributed by atoms with Gasteiger partial charge in [-0.15, -0.1) is 0 Å². The van der Waals surface area contributed by atoms with E-state index in [1.807, 2.05) is 0 Å². The monoisotopic (exact) mass is 261 g/mol. The van der Waals surface area contributed by atoms with Gasteiger partial charge in [0.05, 0.1) is 6.61 Å². The number of nitrogens with two attached hydrogens (primary N) is 1. The highest BCUT2D eigenvalue weighted by Gasteiger charge is 2.18. The Bertz CT molecular complexity index is 354. The molecule has 2 rings (SSSR count). The number of hydrogen-bond donors (Lipinski definition) is 1. The Morgan fingerprint density at radius 3 is 2.53 bits per heavy atom. The van der Waals surface area contributed by atoms with Crippen LogP contribution >= 0.6 is 0 Å². The second kappa shape index (κ2) is 7.54. The van der Waals surface area contributed by atoms with E-state index in [-0.39, 0.29) is 6.04 Å². The lowest BCUT2D eigenvalue weighted by Crippen LogP contribution is -2.14. The quantitative estimate of drug-likeness (QED) is 0.736. The van der Waals surface area contributed by atoms with Crippen LogP contribution in [0.1, 0.15) is 63.5 Å². The molecule has 0 spiro atoms. The molecule has 0 radical (unpaired) electrons. The van der Waals surface area contributed by atoms with Gasteiger partial charge in [-0.1, -0.05) is 51.2 Å². The Balaban J connectivity index is 1.82.